The van der Waals surface area contributed by atoms with Gasteiger partial charge in [-0.15, -0.1) is 0 Å². The topological polar surface area (TPSA) is 52.9 Å². The summed E-state index contributed by atoms with van der Waals surface area (Å²) in [5, 5.41) is 11.2. The van der Waals surface area contributed by atoms with Gasteiger partial charge in [-0.3, -0.25) is 4.79 Å². The summed E-state index contributed by atoms with van der Waals surface area (Å²) in [7, 11) is 0. The maximum atomic E-state index is 12.1. The van der Waals surface area contributed by atoms with E-state index in [1.165, 1.54) is 0 Å². The molecule has 1 amide bonds. The number of hydrogen-bond donors (Lipinski definition) is 1. The molecule has 1 N–H and O–H groups in total. The van der Waals surface area contributed by atoms with Crippen LogP contribution in [-0.4, -0.2) is 12.5 Å². The van der Waals surface area contributed by atoms with Crippen LogP contribution in [0.5, 0.6) is 0 Å². The summed E-state index contributed by atoms with van der Waals surface area (Å²) in [6.45, 7) is 0.0737. The van der Waals surface area contributed by atoms with Crippen LogP contribution in [0.1, 0.15) is 24.3 Å². The van der Waals surface area contributed by atoms with Gasteiger partial charge in [-0.1, -0.05) is 40.2 Å². The average molecular weight is 319 g/mol. The van der Waals surface area contributed by atoms with Gasteiger partial charge in [0.15, 0.2) is 0 Å². The lowest BCUT2D eigenvalue weighted by Crippen LogP contribution is -2.35. The Kier molecular flexibility index (Phi) is 4.75. The van der Waals surface area contributed by atoms with Crippen LogP contribution in [0.25, 0.3) is 0 Å². The van der Waals surface area contributed by atoms with Crippen LogP contribution in [0, 0.1) is 17.2 Å². The first-order valence-electron chi connectivity index (χ1n) is 6.27. The molecule has 0 saturated heterocycles. The van der Waals surface area contributed by atoms with Crippen molar-refractivity contribution in [3.8, 4) is 6.07 Å². The highest BCUT2D eigenvalue weighted by Gasteiger charge is 2.29. The molecular formula is C15H15BrN2O. The number of hydrogen-bond acceptors (Lipinski definition) is 2. The summed E-state index contributed by atoms with van der Waals surface area (Å²) in [5.74, 6) is 0.0599. The summed E-state index contributed by atoms with van der Waals surface area (Å²) in [5.41, 5.74) is 1.16. The highest BCUT2D eigenvalue weighted by molar-refractivity contribution is 9.10. The number of amides is 1. The summed E-state index contributed by atoms with van der Waals surface area (Å²) < 4.78 is 1.02. The van der Waals surface area contributed by atoms with E-state index in [1.54, 1.807) is 0 Å². The van der Waals surface area contributed by atoms with Gasteiger partial charge in [0.2, 0.25) is 5.91 Å². The summed E-state index contributed by atoms with van der Waals surface area (Å²) in [4.78, 5) is 12.1. The zero-order chi connectivity index (χ0) is 13.7. The fraction of sp³-hybridized carbons (Fsp3) is 0.333. The van der Waals surface area contributed by atoms with Crippen LogP contribution in [0.3, 0.4) is 0 Å². The van der Waals surface area contributed by atoms with E-state index in [0.717, 1.165) is 22.9 Å². The molecule has 0 radical (unpaired) electrons. The van der Waals surface area contributed by atoms with Crippen LogP contribution < -0.4 is 5.32 Å². The highest BCUT2D eigenvalue weighted by atomic mass is 79.9. The minimum Gasteiger partial charge on any atom is -0.343 e. The Labute approximate surface area is 121 Å². The van der Waals surface area contributed by atoms with Gasteiger partial charge in [0.05, 0.1) is 6.07 Å². The number of nitriles is 1. The van der Waals surface area contributed by atoms with Gasteiger partial charge in [0.1, 0.15) is 6.54 Å². The van der Waals surface area contributed by atoms with Crippen LogP contribution in [-0.2, 0) is 4.79 Å². The number of rotatable bonds is 3. The maximum absolute atomic E-state index is 12.1. The second kappa shape index (κ2) is 6.53. The Morgan fingerprint density at radius 3 is 2.95 bits per heavy atom. The molecule has 1 aromatic carbocycles. The largest absolute Gasteiger partial charge is 0.343 e. The fourth-order valence-electron chi connectivity index (χ4n) is 2.47. The van der Waals surface area contributed by atoms with E-state index < -0.39 is 0 Å². The number of nitrogens with one attached hydrogen (secondary N) is 1. The first-order valence-corrected chi connectivity index (χ1v) is 7.07. The van der Waals surface area contributed by atoms with E-state index in [0.29, 0.717) is 0 Å². The Hall–Kier alpha value is -1.60. The van der Waals surface area contributed by atoms with E-state index in [9.17, 15) is 4.79 Å². The van der Waals surface area contributed by atoms with Crippen LogP contribution in [0.2, 0.25) is 0 Å². The highest BCUT2D eigenvalue weighted by Crippen LogP contribution is 2.35. The Morgan fingerprint density at radius 1 is 1.42 bits per heavy atom. The van der Waals surface area contributed by atoms with Gasteiger partial charge in [0.25, 0.3) is 0 Å². The zero-order valence-corrected chi connectivity index (χ0v) is 12.1. The molecule has 0 saturated carbocycles. The number of halogens is 1. The maximum Gasteiger partial charge on any atom is 0.224 e. The van der Waals surface area contributed by atoms with Gasteiger partial charge in [0, 0.05) is 10.4 Å². The standard InChI is InChI=1S/C15H15BrN2O/c16-12-5-3-4-11(10-12)13-6-1-2-7-14(13)15(19)18-9-8-17/h1-5,10,13-14H,6-7,9H2,(H,18,19). The predicted molar refractivity (Wildman–Crippen MR) is 77.4 cm³/mol. The van der Waals surface area contributed by atoms with Crippen molar-refractivity contribution in [3.63, 3.8) is 0 Å². The van der Waals surface area contributed by atoms with Crippen molar-refractivity contribution in [2.75, 3.05) is 6.54 Å². The van der Waals surface area contributed by atoms with Crippen molar-refractivity contribution in [2.24, 2.45) is 5.92 Å². The number of carbonyl (C=O) groups is 1. The third-order valence-electron chi connectivity index (χ3n) is 3.39. The van der Waals surface area contributed by atoms with Crippen molar-refractivity contribution < 1.29 is 4.79 Å². The zero-order valence-electron chi connectivity index (χ0n) is 10.5. The molecule has 2 atom stereocenters. The van der Waals surface area contributed by atoms with Gasteiger partial charge in [-0.05, 0) is 36.5 Å². The van der Waals surface area contributed by atoms with Gasteiger partial charge < -0.3 is 5.32 Å². The Morgan fingerprint density at radius 2 is 2.21 bits per heavy atom. The molecule has 1 aliphatic carbocycles. The lowest BCUT2D eigenvalue weighted by molar-refractivity contribution is -0.125. The van der Waals surface area contributed by atoms with Crippen LogP contribution >= 0.6 is 15.9 Å². The Balaban J connectivity index is 2.19. The molecule has 0 heterocycles. The first-order chi connectivity index (χ1) is 9.22. The lowest BCUT2D eigenvalue weighted by Gasteiger charge is -2.27. The molecule has 1 aliphatic rings. The Bertz CT molecular complexity index is 533. The molecule has 98 valence electrons. The van der Waals surface area contributed by atoms with Gasteiger partial charge in [-0.2, -0.15) is 5.26 Å². The summed E-state index contributed by atoms with van der Waals surface area (Å²) in [6.07, 6.45) is 5.76. The first kappa shape index (κ1) is 13.8. The molecule has 2 rings (SSSR count). The SMILES string of the molecule is N#CCNC(=O)C1CC=CCC1c1cccc(Br)c1. The molecule has 0 aliphatic heterocycles. The van der Waals surface area contributed by atoms with E-state index in [1.807, 2.05) is 24.3 Å². The summed E-state index contributed by atoms with van der Waals surface area (Å²) in [6, 6.07) is 10.0. The number of carbonyl (C=O) groups excluding carboxylic acids is 1. The third-order valence-corrected chi connectivity index (χ3v) is 3.88. The van der Waals surface area contributed by atoms with E-state index in [4.69, 9.17) is 5.26 Å². The molecule has 19 heavy (non-hydrogen) atoms. The normalized spacial score (nSPS) is 21.7. The summed E-state index contributed by atoms with van der Waals surface area (Å²) >= 11 is 3.47. The molecule has 2 unspecified atom stereocenters. The van der Waals surface area contributed by atoms with Crippen molar-refractivity contribution >= 4 is 21.8 Å². The van der Waals surface area contributed by atoms with Gasteiger partial charge >= 0.3 is 0 Å². The van der Waals surface area contributed by atoms with E-state index >= 15 is 0 Å². The number of benzene rings is 1. The fourth-order valence-corrected chi connectivity index (χ4v) is 2.88. The minimum absolute atomic E-state index is 0.0316. The molecule has 0 aromatic heterocycles. The average Bonchev–Trinajstić information content (AvgIpc) is 2.45. The van der Waals surface area contributed by atoms with E-state index in [-0.39, 0.29) is 24.3 Å². The lowest BCUT2D eigenvalue weighted by atomic mass is 9.78. The molecule has 0 spiro atoms. The number of nitrogens with zero attached hydrogens (tertiary/aromatic N) is 1. The second-order valence-corrected chi connectivity index (χ2v) is 5.50. The second-order valence-electron chi connectivity index (χ2n) is 4.59. The van der Waals surface area contributed by atoms with Crippen LogP contribution in [0.15, 0.2) is 40.9 Å². The molecule has 4 heteroatoms. The molecule has 0 fully saturated rings. The predicted octanol–water partition coefficient (Wildman–Crippen LogP) is 3.14. The minimum atomic E-state index is -0.0901. The van der Waals surface area contributed by atoms with Crippen molar-refractivity contribution in [3.05, 3.63) is 46.5 Å². The number of allylic oxidation sites excluding steroid dienone is 2. The van der Waals surface area contributed by atoms with E-state index in [2.05, 4.69) is 39.5 Å². The quantitative estimate of drug-likeness (QED) is 0.687. The van der Waals surface area contributed by atoms with Crippen LogP contribution in [0.4, 0.5) is 0 Å². The third kappa shape index (κ3) is 3.45. The van der Waals surface area contributed by atoms with Crippen molar-refractivity contribution in [2.45, 2.75) is 18.8 Å². The molecule has 3 nitrogen and oxygen atoms in total. The monoisotopic (exact) mass is 318 g/mol. The van der Waals surface area contributed by atoms with Crippen molar-refractivity contribution in [1.29, 1.82) is 5.26 Å². The molecule has 1 aromatic rings. The van der Waals surface area contributed by atoms with Crippen molar-refractivity contribution in [1.82, 2.24) is 5.32 Å². The molecule has 0 bridgehead atoms. The van der Waals surface area contributed by atoms with Gasteiger partial charge in [-0.25, -0.2) is 0 Å². The molecular weight excluding hydrogens is 304 g/mol. The smallest absolute Gasteiger partial charge is 0.224 e.